The Morgan fingerprint density at radius 3 is 2.47 bits per heavy atom. The van der Waals surface area contributed by atoms with Gasteiger partial charge in [0.1, 0.15) is 0 Å². The lowest BCUT2D eigenvalue weighted by Crippen LogP contribution is -2.22. The second-order valence-corrected chi connectivity index (χ2v) is 19.6. The van der Waals surface area contributed by atoms with Crippen molar-refractivity contribution in [1.29, 1.82) is 0 Å². The number of allylic oxidation sites excluding steroid dienone is 13. The molecule has 5 aromatic carbocycles. The molecule has 2 aromatic heterocycles. The van der Waals surface area contributed by atoms with Crippen LogP contribution in [0.3, 0.4) is 0 Å². The van der Waals surface area contributed by atoms with E-state index in [1.165, 1.54) is 99.4 Å². The molecule has 1 aliphatic heterocycles. The van der Waals surface area contributed by atoms with Crippen LogP contribution < -0.4 is 4.90 Å². The highest BCUT2D eigenvalue weighted by molar-refractivity contribution is 7.20. The SMILES string of the molecule is C=C(C1=CCC(C)(C)c2ccccc2CC=C1)c1sc2ccccc2c1/C=C(\C)n1c2ccccc2c2c(C3=CC4CC45C(=C3)N(c3ccccc3)C3=C5C=CCC3)cccc21. The molecule has 0 radical (unpaired) electrons. The van der Waals surface area contributed by atoms with Crippen LogP contribution in [0.4, 0.5) is 5.69 Å². The fraction of sp³-hybridized carbons (Fsp3) is 0.186. The summed E-state index contributed by atoms with van der Waals surface area (Å²) in [7, 11) is 0. The third kappa shape index (κ3) is 5.60. The van der Waals surface area contributed by atoms with Gasteiger partial charge in [0.05, 0.1) is 11.0 Å². The molecule has 4 aliphatic carbocycles. The van der Waals surface area contributed by atoms with Gasteiger partial charge in [-0.1, -0.05) is 148 Å². The minimum atomic E-state index is 0.0148. The van der Waals surface area contributed by atoms with Crippen LogP contribution >= 0.6 is 11.3 Å². The molecule has 2 unspecified atom stereocenters. The summed E-state index contributed by atoms with van der Waals surface area (Å²) in [5, 5.41) is 3.87. The van der Waals surface area contributed by atoms with Crippen LogP contribution in [0.25, 0.3) is 54.8 Å². The van der Waals surface area contributed by atoms with E-state index in [0.29, 0.717) is 5.92 Å². The molecule has 5 aliphatic rings. The van der Waals surface area contributed by atoms with Gasteiger partial charge in [-0.2, -0.15) is 0 Å². The molecule has 3 heterocycles. The Balaban J connectivity index is 0.979. The number of hydrogen-bond acceptors (Lipinski definition) is 2. The fourth-order valence-corrected chi connectivity index (χ4v) is 12.6. The summed E-state index contributed by atoms with van der Waals surface area (Å²) in [5.74, 6) is 0.496. The summed E-state index contributed by atoms with van der Waals surface area (Å²) < 4.78 is 3.78. The van der Waals surface area contributed by atoms with E-state index in [1.807, 2.05) is 11.3 Å². The summed E-state index contributed by atoms with van der Waals surface area (Å²) in [6.45, 7) is 11.9. The predicted molar refractivity (Wildman–Crippen MR) is 266 cm³/mol. The number of nitrogens with zero attached hydrogens (tertiary/aromatic N) is 2. The van der Waals surface area contributed by atoms with Gasteiger partial charge in [-0.15, -0.1) is 11.3 Å². The summed E-state index contributed by atoms with van der Waals surface area (Å²) in [4.78, 5) is 3.85. The first-order valence-corrected chi connectivity index (χ1v) is 23.2. The van der Waals surface area contributed by atoms with Crippen LogP contribution in [-0.2, 0) is 11.8 Å². The third-order valence-corrected chi connectivity index (χ3v) is 15.7. The highest BCUT2D eigenvalue weighted by Crippen LogP contribution is 2.72. The molecule has 0 N–H and O–H groups in total. The Morgan fingerprint density at radius 2 is 1.58 bits per heavy atom. The van der Waals surface area contributed by atoms with Crippen molar-refractivity contribution in [3.63, 3.8) is 0 Å². The number of benzene rings is 5. The maximum absolute atomic E-state index is 4.85. The smallest absolute Gasteiger partial charge is 0.0543 e. The first-order valence-electron chi connectivity index (χ1n) is 22.4. The molecular formula is C59H50N2S. The first-order chi connectivity index (χ1) is 30.3. The zero-order valence-corrected chi connectivity index (χ0v) is 36.6. The molecule has 1 fully saturated rings. The molecule has 2 atom stereocenters. The number of fused-ring (bicyclic) bond motifs is 5. The maximum atomic E-state index is 4.85. The standard InChI is InChI=1S/C59H50N2S/c1-38(34-48-46-23-10-15-31-54(46)62-57(48)39(2)40-19-16-20-41-18-8-11-26-49(41)58(3,4)33-32-40)60-51-28-13-9-24-47(51)56-45(25-17-30-53(56)60)42-35-43-37-59(43)50-27-12-14-29-52(50)61(55(59)36-42)44-21-6-5-7-22-44/h5-13,15-19,21-28,30-32,34-36,43H,2,14,20,29,33,37H2,1,3-4H3/b19-16?,38-34+,40-32?. The summed E-state index contributed by atoms with van der Waals surface area (Å²) in [6, 6.07) is 44.8. The van der Waals surface area contributed by atoms with Gasteiger partial charge >= 0.3 is 0 Å². The van der Waals surface area contributed by atoms with Gasteiger partial charge in [-0.05, 0) is 132 Å². The Labute approximate surface area is 369 Å². The molecule has 1 saturated carbocycles. The van der Waals surface area contributed by atoms with E-state index in [1.54, 1.807) is 5.57 Å². The monoisotopic (exact) mass is 818 g/mol. The van der Waals surface area contributed by atoms with Crippen molar-refractivity contribution in [2.24, 2.45) is 11.3 Å². The molecular weight excluding hydrogens is 769 g/mol. The fourth-order valence-electron chi connectivity index (χ4n) is 11.4. The lowest BCUT2D eigenvalue weighted by molar-refractivity contribution is 0.529. The Morgan fingerprint density at radius 1 is 0.806 bits per heavy atom. The van der Waals surface area contributed by atoms with Gasteiger partial charge in [0, 0.05) is 59.5 Å². The molecule has 0 amide bonds. The van der Waals surface area contributed by atoms with Gasteiger partial charge < -0.3 is 9.47 Å². The number of hydrogen-bond donors (Lipinski definition) is 0. The maximum Gasteiger partial charge on any atom is 0.0543 e. The molecule has 2 nitrogen and oxygen atoms in total. The molecule has 62 heavy (non-hydrogen) atoms. The van der Waals surface area contributed by atoms with E-state index < -0.39 is 0 Å². The van der Waals surface area contributed by atoms with Crippen molar-refractivity contribution in [2.75, 3.05) is 4.90 Å². The van der Waals surface area contributed by atoms with Gasteiger partial charge in [0.25, 0.3) is 0 Å². The van der Waals surface area contributed by atoms with Crippen molar-refractivity contribution in [3.8, 4) is 0 Å². The normalized spacial score (nSPS) is 21.4. The Hall–Kier alpha value is -6.42. The highest BCUT2D eigenvalue weighted by Gasteiger charge is 2.64. The third-order valence-electron chi connectivity index (χ3n) is 14.5. The van der Waals surface area contributed by atoms with E-state index in [9.17, 15) is 0 Å². The van der Waals surface area contributed by atoms with Crippen LogP contribution in [0.5, 0.6) is 0 Å². The first kappa shape index (κ1) is 37.4. The van der Waals surface area contributed by atoms with Gasteiger partial charge in [-0.25, -0.2) is 0 Å². The second-order valence-electron chi connectivity index (χ2n) is 18.6. The minimum absolute atomic E-state index is 0.0148. The van der Waals surface area contributed by atoms with E-state index in [0.717, 1.165) is 31.3 Å². The number of rotatable bonds is 6. The van der Waals surface area contributed by atoms with Gasteiger partial charge in [-0.3, -0.25) is 0 Å². The van der Waals surface area contributed by atoms with Crippen LogP contribution in [-0.4, -0.2) is 4.57 Å². The van der Waals surface area contributed by atoms with E-state index in [4.69, 9.17) is 6.58 Å². The summed E-state index contributed by atoms with van der Waals surface area (Å²) >= 11 is 1.86. The Bertz CT molecular complexity index is 3270. The van der Waals surface area contributed by atoms with Gasteiger partial charge in [0.15, 0.2) is 0 Å². The van der Waals surface area contributed by atoms with Crippen molar-refractivity contribution in [2.45, 2.75) is 58.3 Å². The lowest BCUT2D eigenvalue weighted by Gasteiger charge is -2.28. The quantitative estimate of drug-likeness (QED) is 0.162. The van der Waals surface area contributed by atoms with Crippen LogP contribution in [0, 0.1) is 11.3 Å². The summed E-state index contributed by atoms with van der Waals surface area (Å²) in [6.07, 6.45) is 24.7. The zero-order chi connectivity index (χ0) is 41.7. The zero-order valence-electron chi connectivity index (χ0n) is 35.8. The molecule has 302 valence electrons. The van der Waals surface area contributed by atoms with Crippen molar-refractivity contribution in [3.05, 3.63) is 220 Å². The average molecular weight is 819 g/mol. The molecule has 0 saturated heterocycles. The second kappa shape index (κ2) is 14.1. The number of anilines is 1. The molecule has 1 spiro atoms. The van der Waals surface area contributed by atoms with E-state index in [-0.39, 0.29) is 10.8 Å². The largest absolute Gasteiger partial charge is 0.317 e. The predicted octanol–water partition coefficient (Wildman–Crippen LogP) is 15.9. The lowest BCUT2D eigenvalue weighted by atomic mass is 9.78. The molecule has 12 rings (SSSR count). The number of thiophene rings is 1. The number of aromatic nitrogens is 1. The molecule has 0 bridgehead atoms. The van der Waals surface area contributed by atoms with E-state index >= 15 is 0 Å². The van der Waals surface area contributed by atoms with Crippen LogP contribution in [0.2, 0.25) is 0 Å². The van der Waals surface area contributed by atoms with Crippen molar-refractivity contribution < 1.29 is 0 Å². The molecule has 3 heteroatoms. The van der Waals surface area contributed by atoms with E-state index in [2.05, 4.69) is 200 Å². The van der Waals surface area contributed by atoms with Gasteiger partial charge in [0.2, 0.25) is 0 Å². The van der Waals surface area contributed by atoms with Crippen molar-refractivity contribution in [1.82, 2.24) is 4.57 Å². The Kier molecular flexibility index (Phi) is 8.47. The topological polar surface area (TPSA) is 8.17 Å². The minimum Gasteiger partial charge on any atom is -0.317 e. The number of para-hydroxylation sites is 2. The molecule has 7 aromatic rings. The van der Waals surface area contributed by atoms with Crippen LogP contribution in [0.15, 0.2) is 193 Å². The average Bonchev–Trinajstić information content (AvgIpc) is 3.63. The van der Waals surface area contributed by atoms with Crippen LogP contribution in [0.1, 0.15) is 73.6 Å². The van der Waals surface area contributed by atoms with Crippen molar-refractivity contribution >= 4 is 71.8 Å². The summed E-state index contributed by atoms with van der Waals surface area (Å²) in [5.41, 5.74) is 18.6. The highest BCUT2D eigenvalue weighted by atomic mass is 32.1.